The van der Waals surface area contributed by atoms with E-state index in [0.29, 0.717) is 37.7 Å². The molecular formula is C13H17N5O3. The van der Waals surface area contributed by atoms with E-state index in [9.17, 15) is 14.7 Å². The van der Waals surface area contributed by atoms with Crippen molar-refractivity contribution in [2.24, 2.45) is 5.92 Å². The highest BCUT2D eigenvalue weighted by Crippen LogP contribution is 2.37. The Kier molecular flexibility index (Phi) is 3.15. The molecule has 1 amide bonds. The van der Waals surface area contributed by atoms with E-state index in [-0.39, 0.29) is 12.3 Å². The summed E-state index contributed by atoms with van der Waals surface area (Å²) in [4.78, 5) is 33.3. The largest absolute Gasteiger partial charge is 0.481 e. The SMILES string of the molecule is Nc1ccnc(N2CCC3(CC2)NC(=O)C[C@@H]3C(=O)O)n1. The monoisotopic (exact) mass is 291 g/mol. The molecule has 0 radical (unpaired) electrons. The van der Waals surface area contributed by atoms with Crippen LogP contribution in [0.15, 0.2) is 12.3 Å². The first-order valence-electron chi connectivity index (χ1n) is 6.87. The molecule has 1 aromatic rings. The van der Waals surface area contributed by atoms with Gasteiger partial charge in [-0.15, -0.1) is 0 Å². The molecule has 21 heavy (non-hydrogen) atoms. The fraction of sp³-hybridized carbons (Fsp3) is 0.538. The van der Waals surface area contributed by atoms with Gasteiger partial charge in [-0.2, -0.15) is 4.98 Å². The van der Waals surface area contributed by atoms with Crippen LogP contribution in [0, 0.1) is 5.92 Å². The van der Waals surface area contributed by atoms with Crippen LogP contribution in [-0.4, -0.2) is 45.6 Å². The lowest BCUT2D eigenvalue weighted by Gasteiger charge is -2.41. The summed E-state index contributed by atoms with van der Waals surface area (Å²) in [6, 6.07) is 1.62. The molecule has 2 aliphatic heterocycles. The van der Waals surface area contributed by atoms with Gasteiger partial charge in [0.1, 0.15) is 5.82 Å². The molecular weight excluding hydrogens is 274 g/mol. The Morgan fingerprint density at radius 2 is 2.19 bits per heavy atom. The van der Waals surface area contributed by atoms with Crippen molar-refractivity contribution in [2.75, 3.05) is 23.7 Å². The lowest BCUT2D eigenvalue weighted by molar-refractivity contribution is -0.144. The maximum atomic E-state index is 11.6. The topological polar surface area (TPSA) is 121 Å². The second-order valence-electron chi connectivity index (χ2n) is 5.57. The van der Waals surface area contributed by atoms with Crippen molar-refractivity contribution in [1.29, 1.82) is 0 Å². The van der Waals surface area contributed by atoms with Gasteiger partial charge in [-0.3, -0.25) is 9.59 Å². The minimum absolute atomic E-state index is 0.0596. The van der Waals surface area contributed by atoms with Gasteiger partial charge < -0.3 is 21.1 Å². The molecule has 2 saturated heterocycles. The van der Waals surface area contributed by atoms with Crippen molar-refractivity contribution < 1.29 is 14.7 Å². The Morgan fingerprint density at radius 1 is 1.48 bits per heavy atom. The number of carbonyl (C=O) groups excluding carboxylic acids is 1. The summed E-state index contributed by atoms with van der Waals surface area (Å²) < 4.78 is 0. The molecule has 3 heterocycles. The third kappa shape index (κ3) is 2.37. The Balaban J connectivity index is 1.75. The van der Waals surface area contributed by atoms with Crippen LogP contribution in [0.5, 0.6) is 0 Å². The average molecular weight is 291 g/mol. The molecule has 2 aliphatic rings. The Morgan fingerprint density at radius 3 is 2.81 bits per heavy atom. The predicted molar refractivity (Wildman–Crippen MR) is 74.5 cm³/mol. The number of amides is 1. The van der Waals surface area contributed by atoms with Gasteiger partial charge in [-0.05, 0) is 18.9 Å². The Hall–Kier alpha value is -2.38. The summed E-state index contributed by atoms with van der Waals surface area (Å²) in [6.45, 7) is 1.18. The molecule has 2 fully saturated rings. The number of hydrogen-bond donors (Lipinski definition) is 3. The van der Waals surface area contributed by atoms with Crippen LogP contribution in [0.4, 0.5) is 11.8 Å². The molecule has 8 heteroatoms. The first kappa shape index (κ1) is 13.6. The summed E-state index contributed by atoms with van der Waals surface area (Å²) in [7, 11) is 0. The van der Waals surface area contributed by atoms with Crippen molar-refractivity contribution in [3.63, 3.8) is 0 Å². The van der Waals surface area contributed by atoms with E-state index in [1.807, 2.05) is 4.90 Å². The number of carbonyl (C=O) groups is 2. The number of carboxylic acid groups (broad SMARTS) is 1. The number of nitrogens with two attached hydrogens (primary N) is 1. The van der Waals surface area contributed by atoms with E-state index in [4.69, 9.17) is 5.73 Å². The number of aliphatic carboxylic acids is 1. The number of aromatic nitrogens is 2. The second-order valence-corrected chi connectivity index (χ2v) is 5.57. The molecule has 0 aromatic carbocycles. The zero-order valence-electron chi connectivity index (χ0n) is 11.5. The van der Waals surface area contributed by atoms with Gasteiger partial charge in [0, 0.05) is 25.7 Å². The van der Waals surface area contributed by atoms with Gasteiger partial charge in [-0.1, -0.05) is 0 Å². The van der Waals surface area contributed by atoms with Gasteiger partial charge in [0.2, 0.25) is 11.9 Å². The van der Waals surface area contributed by atoms with E-state index in [2.05, 4.69) is 15.3 Å². The number of anilines is 2. The van der Waals surface area contributed by atoms with Crippen LogP contribution < -0.4 is 16.0 Å². The van der Waals surface area contributed by atoms with Crippen molar-refractivity contribution in [3.8, 4) is 0 Å². The van der Waals surface area contributed by atoms with Gasteiger partial charge in [0.25, 0.3) is 0 Å². The molecule has 1 spiro atoms. The molecule has 0 unspecified atom stereocenters. The molecule has 3 rings (SSSR count). The van der Waals surface area contributed by atoms with Crippen LogP contribution in [0.25, 0.3) is 0 Å². The van der Waals surface area contributed by atoms with Crippen molar-refractivity contribution in [3.05, 3.63) is 12.3 Å². The zero-order valence-corrected chi connectivity index (χ0v) is 11.5. The van der Waals surface area contributed by atoms with Crippen molar-refractivity contribution in [1.82, 2.24) is 15.3 Å². The molecule has 8 nitrogen and oxygen atoms in total. The number of rotatable bonds is 2. The quantitative estimate of drug-likeness (QED) is 0.679. The molecule has 112 valence electrons. The molecule has 1 atom stereocenters. The summed E-state index contributed by atoms with van der Waals surface area (Å²) in [6.07, 6.45) is 2.78. The van der Waals surface area contributed by atoms with E-state index in [1.54, 1.807) is 12.3 Å². The minimum Gasteiger partial charge on any atom is -0.481 e. The average Bonchev–Trinajstić information content (AvgIpc) is 2.76. The fourth-order valence-corrected chi connectivity index (χ4v) is 3.21. The number of nitrogens with one attached hydrogen (secondary N) is 1. The summed E-state index contributed by atoms with van der Waals surface area (Å²) in [5.41, 5.74) is 5.01. The third-order valence-corrected chi connectivity index (χ3v) is 4.35. The van der Waals surface area contributed by atoms with Crippen molar-refractivity contribution >= 4 is 23.6 Å². The van der Waals surface area contributed by atoms with Crippen LogP contribution in [0.3, 0.4) is 0 Å². The van der Waals surface area contributed by atoms with Crippen LogP contribution in [0.1, 0.15) is 19.3 Å². The second kappa shape index (κ2) is 4.87. The van der Waals surface area contributed by atoms with Crippen molar-refractivity contribution in [2.45, 2.75) is 24.8 Å². The maximum Gasteiger partial charge on any atom is 0.309 e. The molecule has 0 saturated carbocycles. The highest BCUT2D eigenvalue weighted by Gasteiger charge is 2.51. The van der Waals surface area contributed by atoms with Crippen LogP contribution in [-0.2, 0) is 9.59 Å². The van der Waals surface area contributed by atoms with Gasteiger partial charge >= 0.3 is 5.97 Å². The first-order chi connectivity index (χ1) is 10.00. The number of hydrogen-bond acceptors (Lipinski definition) is 6. The standard InChI is InChI=1S/C13H17N5O3/c14-9-1-4-15-12(16-9)18-5-2-13(3-6-18)8(11(20)21)7-10(19)17-13/h1,4,8H,2-3,5-7H2,(H,17,19)(H,20,21)(H2,14,15,16)/t8-/m1/s1. The lowest BCUT2D eigenvalue weighted by Crippen LogP contribution is -2.56. The van der Waals surface area contributed by atoms with Gasteiger partial charge in [0.15, 0.2) is 0 Å². The van der Waals surface area contributed by atoms with Gasteiger partial charge in [0.05, 0.1) is 11.5 Å². The number of nitrogen functional groups attached to an aromatic ring is 1. The number of carboxylic acids is 1. The molecule has 1 aromatic heterocycles. The van der Waals surface area contributed by atoms with Crippen LogP contribution in [0.2, 0.25) is 0 Å². The van der Waals surface area contributed by atoms with E-state index in [0.717, 1.165) is 0 Å². The third-order valence-electron chi connectivity index (χ3n) is 4.35. The van der Waals surface area contributed by atoms with E-state index < -0.39 is 17.4 Å². The molecule has 0 aliphatic carbocycles. The first-order valence-corrected chi connectivity index (χ1v) is 6.87. The van der Waals surface area contributed by atoms with Gasteiger partial charge in [-0.25, -0.2) is 4.98 Å². The Labute approximate surface area is 121 Å². The summed E-state index contributed by atoms with van der Waals surface area (Å²) in [5, 5.41) is 12.2. The summed E-state index contributed by atoms with van der Waals surface area (Å²) in [5.74, 6) is -0.814. The minimum atomic E-state index is -0.915. The molecule has 0 bridgehead atoms. The maximum absolute atomic E-state index is 11.6. The smallest absolute Gasteiger partial charge is 0.309 e. The highest BCUT2D eigenvalue weighted by atomic mass is 16.4. The number of nitrogens with zero attached hydrogens (tertiary/aromatic N) is 3. The predicted octanol–water partition coefficient (Wildman–Crippen LogP) is -0.381. The van der Waals surface area contributed by atoms with E-state index in [1.165, 1.54) is 0 Å². The van der Waals surface area contributed by atoms with Crippen LogP contribution >= 0.6 is 0 Å². The highest BCUT2D eigenvalue weighted by molar-refractivity contribution is 5.88. The number of piperidine rings is 1. The molecule has 4 N–H and O–H groups in total. The summed E-state index contributed by atoms with van der Waals surface area (Å²) >= 11 is 0. The lowest BCUT2D eigenvalue weighted by atomic mass is 9.78. The normalized spacial score (nSPS) is 24.1. The zero-order chi connectivity index (χ0) is 15.0. The Bertz CT molecular complexity index is 583. The van der Waals surface area contributed by atoms with E-state index >= 15 is 0 Å². The fourth-order valence-electron chi connectivity index (χ4n) is 3.21.